The number of benzene rings is 2. The zero-order valence-electron chi connectivity index (χ0n) is 16.0. The number of aromatic nitrogens is 1. The second-order valence-corrected chi connectivity index (χ2v) is 6.13. The number of nitrogens with zero attached hydrogens (tertiary/aromatic N) is 2. The quantitative estimate of drug-likeness (QED) is 0.488. The zero-order valence-corrected chi connectivity index (χ0v) is 16.0. The number of alkyl halides is 4. The van der Waals surface area contributed by atoms with Crippen molar-refractivity contribution in [2.24, 2.45) is 0 Å². The minimum Gasteiger partial charge on any atom is -0.478 e. The van der Waals surface area contributed by atoms with E-state index in [9.17, 15) is 32.3 Å². The van der Waals surface area contributed by atoms with E-state index in [0.29, 0.717) is 0 Å². The fraction of sp³-hybridized carbons (Fsp3) is 0.0952. The molecule has 0 bridgehead atoms. The lowest BCUT2D eigenvalue weighted by Gasteiger charge is -2.24. The lowest BCUT2D eigenvalue weighted by molar-refractivity contribution is -0.0691. The van der Waals surface area contributed by atoms with Crippen LogP contribution < -0.4 is 14.4 Å². The van der Waals surface area contributed by atoms with Gasteiger partial charge in [0.1, 0.15) is 0 Å². The monoisotopic (exact) mass is 450 g/mol. The van der Waals surface area contributed by atoms with Crippen LogP contribution in [0.3, 0.4) is 0 Å². The summed E-state index contributed by atoms with van der Waals surface area (Å²) in [6.45, 7) is -6.66. The van der Waals surface area contributed by atoms with Crippen molar-refractivity contribution in [3.63, 3.8) is 0 Å². The van der Waals surface area contributed by atoms with E-state index in [2.05, 4.69) is 14.5 Å². The molecule has 166 valence electrons. The minimum absolute atomic E-state index is 0.0707. The maximum atomic E-state index is 13.2. The van der Waals surface area contributed by atoms with Crippen LogP contribution in [0.1, 0.15) is 20.7 Å². The molecule has 1 amide bonds. The maximum Gasteiger partial charge on any atom is 0.387 e. The number of anilines is 2. The molecule has 1 heterocycles. The number of hydrogen-bond acceptors (Lipinski definition) is 5. The van der Waals surface area contributed by atoms with Gasteiger partial charge in [0.15, 0.2) is 11.5 Å². The van der Waals surface area contributed by atoms with E-state index in [0.717, 1.165) is 23.1 Å². The molecule has 0 radical (unpaired) electrons. The maximum absolute atomic E-state index is 13.2. The highest BCUT2D eigenvalue weighted by Gasteiger charge is 2.24. The molecule has 0 saturated heterocycles. The molecule has 1 aromatic heterocycles. The van der Waals surface area contributed by atoms with Crippen molar-refractivity contribution in [2.45, 2.75) is 13.2 Å². The Morgan fingerprint density at radius 3 is 2.12 bits per heavy atom. The van der Waals surface area contributed by atoms with Gasteiger partial charge in [0, 0.05) is 18.5 Å². The van der Waals surface area contributed by atoms with Gasteiger partial charge in [-0.15, -0.1) is 0 Å². The third-order valence-corrected chi connectivity index (χ3v) is 4.08. The second kappa shape index (κ2) is 9.77. The summed E-state index contributed by atoms with van der Waals surface area (Å²) in [5, 5.41) is 9.28. The Hall–Kier alpha value is -4.15. The highest BCUT2D eigenvalue weighted by atomic mass is 19.3. The predicted octanol–water partition coefficient (Wildman–Crippen LogP) is 4.96. The molecule has 0 saturated carbocycles. The molecular weight excluding hydrogens is 436 g/mol. The minimum atomic E-state index is -3.36. The van der Waals surface area contributed by atoms with Crippen LogP contribution in [0.2, 0.25) is 0 Å². The van der Waals surface area contributed by atoms with Gasteiger partial charge in [0.05, 0.1) is 22.5 Å². The first-order valence-corrected chi connectivity index (χ1v) is 8.88. The van der Waals surface area contributed by atoms with Gasteiger partial charge in [0.25, 0.3) is 5.91 Å². The highest BCUT2D eigenvalue weighted by molar-refractivity contribution is 6.11. The second-order valence-electron chi connectivity index (χ2n) is 6.13. The van der Waals surface area contributed by atoms with Crippen LogP contribution in [0.5, 0.6) is 11.5 Å². The fourth-order valence-corrected chi connectivity index (χ4v) is 2.80. The highest BCUT2D eigenvalue weighted by Crippen LogP contribution is 2.37. The number of hydrogen-bond donors (Lipinski definition) is 1. The molecule has 32 heavy (non-hydrogen) atoms. The average molecular weight is 450 g/mol. The van der Waals surface area contributed by atoms with Crippen molar-refractivity contribution >= 4 is 23.3 Å². The van der Waals surface area contributed by atoms with E-state index >= 15 is 0 Å². The van der Waals surface area contributed by atoms with Gasteiger partial charge in [-0.25, -0.2) is 4.79 Å². The largest absolute Gasteiger partial charge is 0.478 e. The number of amides is 1. The molecule has 1 N–H and O–H groups in total. The molecule has 0 fully saturated rings. The molecule has 0 aliphatic rings. The molecule has 7 nitrogen and oxygen atoms in total. The summed E-state index contributed by atoms with van der Waals surface area (Å²) in [7, 11) is 0. The summed E-state index contributed by atoms with van der Waals surface area (Å²) in [5.74, 6) is -3.36. The van der Waals surface area contributed by atoms with E-state index in [1.807, 2.05) is 0 Å². The van der Waals surface area contributed by atoms with Gasteiger partial charge in [-0.3, -0.25) is 14.7 Å². The first-order chi connectivity index (χ1) is 15.3. The van der Waals surface area contributed by atoms with E-state index in [4.69, 9.17) is 0 Å². The first-order valence-electron chi connectivity index (χ1n) is 8.88. The van der Waals surface area contributed by atoms with Crippen molar-refractivity contribution in [3.8, 4) is 11.5 Å². The van der Waals surface area contributed by atoms with Gasteiger partial charge < -0.3 is 14.6 Å². The summed E-state index contributed by atoms with van der Waals surface area (Å²) < 4.78 is 59.4. The Bertz CT molecular complexity index is 1110. The van der Waals surface area contributed by atoms with E-state index in [-0.39, 0.29) is 22.5 Å². The average Bonchev–Trinajstić information content (AvgIpc) is 2.75. The molecule has 0 aliphatic carbocycles. The van der Waals surface area contributed by atoms with Crippen molar-refractivity contribution in [1.82, 2.24) is 4.98 Å². The van der Waals surface area contributed by atoms with Crippen LogP contribution in [-0.2, 0) is 0 Å². The molecular formula is C21H14F4N2O5. The van der Waals surface area contributed by atoms with E-state index in [1.54, 1.807) is 0 Å². The Labute approximate surface area is 178 Å². The van der Waals surface area contributed by atoms with Gasteiger partial charge in [-0.05, 0) is 42.5 Å². The van der Waals surface area contributed by atoms with Gasteiger partial charge in [-0.2, -0.15) is 17.6 Å². The number of rotatable bonds is 8. The molecule has 0 spiro atoms. The lowest BCUT2D eigenvalue weighted by Crippen LogP contribution is -2.26. The third kappa shape index (κ3) is 5.31. The lowest BCUT2D eigenvalue weighted by atomic mass is 10.1. The van der Waals surface area contributed by atoms with Crippen molar-refractivity contribution in [1.29, 1.82) is 0 Å². The zero-order chi connectivity index (χ0) is 23.3. The summed E-state index contributed by atoms with van der Waals surface area (Å²) >= 11 is 0. The summed E-state index contributed by atoms with van der Waals surface area (Å²) in [5.41, 5.74) is -0.0476. The molecule has 3 aromatic rings. The number of halogens is 4. The molecule has 11 heteroatoms. The van der Waals surface area contributed by atoms with Crippen molar-refractivity contribution in [3.05, 3.63) is 78.1 Å². The molecule has 0 atom stereocenters. The number of aromatic carboxylic acids is 1. The number of carboxylic acids is 1. The van der Waals surface area contributed by atoms with Crippen LogP contribution in [0.25, 0.3) is 0 Å². The van der Waals surface area contributed by atoms with E-state index in [1.165, 1.54) is 48.8 Å². The van der Waals surface area contributed by atoms with Gasteiger partial charge >= 0.3 is 19.2 Å². The number of carboxylic acid groups (broad SMARTS) is 1. The Morgan fingerprint density at radius 1 is 0.844 bits per heavy atom. The fourth-order valence-electron chi connectivity index (χ4n) is 2.80. The predicted molar refractivity (Wildman–Crippen MR) is 104 cm³/mol. The van der Waals surface area contributed by atoms with Crippen LogP contribution in [0.4, 0.5) is 28.9 Å². The smallest absolute Gasteiger partial charge is 0.387 e. The standard InChI is InChI=1S/C21H14F4N2O5/c22-20(23)31-16-7-6-15(10-17(16)32-21(24)25)27(18(28)13-4-2-8-26-11-13)14-5-1-3-12(9-14)19(29)30/h1-11,20-21H,(H,29,30). The molecule has 0 unspecified atom stereocenters. The number of carbonyl (C=O) groups is 2. The number of pyridine rings is 1. The Morgan fingerprint density at radius 2 is 1.50 bits per heavy atom. The Balaban J connectivity index is 2.15. The number of carbonyl (C=O) groups excluding carboxylic acids is 1. The molecule has 3 rings (SSSR count). The number of ether oxygens (including phenoxy) is 2. The van der Waals surface area contributed by atoms with E-state index < -0.39 is 36.6 Å². The van der Waals surface area contributed by atoms with Crippen molar-refractivity contribution in [2.75, 3.05) is 4.90 Å². The van der Waals surface area contributed by atoms with Gasteiger partial charge in [0.2, 0.25) is 0 Å². The van der Waals surface area contributed by atoms with Crippen molar-refractivity contribution < 1.29 is 41.7 Å². The van der Waals surface area contributed by atoms with Crippen LogP contribution in [0.15, 0.2) is 67.0 Å². The SMILES string of the molecule is O=C(O)c1cccc(N(C(=O)c2cccnc2)c2ccc(OC(F)F)c(OC(F)F)c2)c1. The first kappa shape index (κ1) is 22.5. The molecule has 2 aromatic carbocycles. The Kier molecular flexibility index (Phi) is 6.88. The molecule has 0 aliphatic heterocycles. The normalized spacial score (nSPS) is 10.8. The third-order valence-electron chi connectivity index (χ3n) is 4.08. The summed E-state index contributed by atoms with van der Waals surface area (Å²) in [6.07, 6.45) is 2.68. The van der Waals surface area contributed by atoms with Crippen LogP contribution >= 0.6 is 0 Å². The summed E-state index contributed by atoms with van der Waals surface area (Å²) in [6, 6.07) is 11.2. The van der Waals surface area contributed by atoms with Gasteiger partial charge in [-0.1, -0.05) is 6.07 Å². The van der Waals surface area contributed by atoms with Crippen LogP contribution in [-0.4, -0.2) is 35.2 Å². The summed E-state index contributed by atoms with van der Waals surface area (Å²) in [4.78, 5) is 29.5. The topological polar surface area (TPSA) is 89.0 Å². The van der Waals surface area contributed by atoms with Crippen LogP contribution in [0, 0.1) is 0 Å².